The molecule has 3 aromatic heterocycles. The quantitative estimate of drug-likeness (QED) is 0.369. The van der Waals surface area contributed by atoms with Crippen molar-refractivity contribution in [3.8, 4) is 5.69 Å². The van der Waals surface area contributed by atoms with Crippen LogP contribution in [0.25, 0.3) is 16.9 Å². The van der Waals surface area contributed by atoms with Crippen LogP contribution in [0.3, 0.4) is 0 Å². The number of imidazole rings is 1. The minimum Gasteiger partial charge on any atom is -0.326 e. The Kier molecular flexibility index (Phi) is 6.40. The number of H-pyrrole nitrogens is 1. The van der Waals surface area contributed by atoms with Gasteiger partial charge < -0.3 is 9.88 Å². The van der Waals surface area contributed by atoms with Gasteiger partial charge in [-0.1, -0.05) is 31.2 Å². The molecule has 2 N–H and O–H groups in total. The van der Waals surface area contributed by atoms with Crippen LogP contribution < -0.4 is 16.6 Å². The number of nitrogens with one attached hydrogen (secondary N) is 2. The Bertz CT molecular complexity index is 1430. The van der Waals surface area contributed by atoms with Crippen LogP contribution in [-0.2, 0) is 24.1 Å². The molecule has 1 amide bonds. The fourth-order valence-corrected chi connectivity index (χ4v) is 4.30. The SMILES string of the molecule is CCCCn1c(=O)[nH]c(=O)c2c1nc(CSc1nnnn1-c1cccc(NC(C)=O)c1)n2C. The number of amides is 1. The van der Waals surface area contributed by atoms with Crippen LogP contribution in [0.4, 0.5) is 5.69 Å². The molecule has 0 aliphatic carbocycles. The minimum atomic E-state index is -0.464. The number of aryl methyl sites for hydroxylation is 2. The van der Waals surface area contributed by atoms with Gasteiger partial charge in [-0.3, -0.25) is 19.1 Å². The number of aromatic amines is 1. The first-order chi connectivity index (χ1) is 15.9. The molecular weight excluding hydrogens is 446 g/mol. The van der Waals surface area contributed by atoms with Crippen molar-refractivity contribution in [1.82, 2.24) is 39.3 Å². The van der Waals surface area contributed by atoms with Gasteiger partial charge in [-0.2, -0.15) is 4.68 Å². The number of tetrazole rings is 1. The predicted molar refractivity (Wildman–Crippen MR) is 124 cm³/mol. The number of hydrogen-bond donors (Lipinski definition) is 2. The summed E-state index contributed by atoms with van der Waals surface area (Å²) in [5.74, 6) is 0.809. The van der Waals surface area contributed by atoms with E-state index in [1.54, 1.807) is 34.5 Å². The molecule has 13 heteroatoms. The van der Waals surface area contributed by atoms with E-state index in [0.717, 1.165) is 12.8 Å². The van der Waals surface area contributed by atoms with Crippen LogP contribution >= 0.6 is 11.8 Å². The summed E-state index contributed by atoms with van der Waals surface area (Å²) >= 11 is 1.34. The summed E-state index contributed by atoms with van der Waals surface area (Å²) < 4.78 is 4.75. The van der Waals surface area contributed by atoms with E-state index in [1.807, 2.05) is 13.0 Å². The molecular formula is C20H23N9O3S. The lowest BCUT2D eigenvalue weighted by Gasteiger charge is -2.07. The van der Waals surface area contributed by atoms with Crippen LogP contribution in [0, 0.1) is 0 Å². The molecule has 1 aromatic carbocycles. The number of hydrogen-bond acceptors (Lipinski definition) is 8. The Morgan fingerprint density at radius 2 is 2.09 bits per heavy atom. The lowest BCUT2D eigenvalue weighted by Crippen LogP contribution is -2.31. The summed E-state index contributed by atoms with van der Waals surface area (Å²) in [5.41, 5.74) is 1.12. The van der Waals surface area contributed by atoms with Crippen molar-refractivity contribution in [2.75, 3.05) is 5.32 Å². The van der Waals surface area contributed by atoms with Gasteiger partial charge in [-0.25, -0.2) is 9.78 Å². The number of thioether (sulfide) groups is 1. The van der Waals surface area contributed by atoms with E-state index in [4.69, 9.17) is 0 Å². The predicted octanol–water partition coefficient (Wildman–Crippen LogP) is 1.45. The van der Waals surface area contributed by atoms with E-state index in [9.17, 15) is 14.4 Å². The average molecular weight is 470 g/mol. The Balaban J connectivity index is 1.63. The van der Waals surface area contributed by atoms with E-state index < -0.39 is 11.2 Å². The van der Waals surface area contributed by atoms with Gasteiger partial charge in [0, 0.05) is 26.2 Å². The number of rotatable bonds is 8. The fraction of sp³-hybridized carbons (Fsp3) is 0.350. The highest BCUT2D eigenvalue weighted by atomic mass is 32.2. The number of fused-ring (bicyclic) bond motifs is 1. The summed E-state index contributed by atoms with van der Waals surface area (Å²) in [6.07, 6.45) is 1.71. The maximum atomic E-state index is 12.4. The summed E-state index contributed by atoms with van der Waals surface area (Å²) in [6.45, 7) is 3.95. The smallest absolute Gasteiger partial charge is 0.326 e. The van der Waals surface area contributed by atoms with Gasteiger partial charge in [-0.15, -0.1) is 5.10 Å². The Morgan fingerprint density at radius 3 is 2.85 bits per heavy atom. The Labute approximate surface area is 192 Å². The summed E-state index contributed by atoms with van der Waals surface area (Å²) in [7, 11) is 1.75. The first kappa shape index (κ1) is 22.5. The second kappa shape index (κ2) is 9.40. The maximum absolute atomic E-state index is 12.4. The first-order valence-corrected chi connectivity index (χ1v) is 11.3. The zero-order valence-electron chi connectivity index (χ0n) is 18.4. The monoisotopic (exact) mass is 469 g/mol. The number of benzene rings is 1. The summed E-state index contributed by atoms with van der Waals surface area (Å²) in [4.78, 5) is 43.1. The van der Waals surface area contributed by atoms with E-state index >= 15 is 0 Å². The van der Waals surface area contributed by atoms with Crippen LogP contribution in [0.1, 0.15) is 32.5 Å². The summed E-state index contributed by atoms with van der Waals surface area (Å²) in [6, 6.07) is 7.16. The Morgan fingerprint density at radius 1 is 1.27 bits per heavy atom. The largest absolute Gasteiger partial charge is 0.330 e. The van der Waals surface area contributed by atoms with Gasteiger partial charge in [-0.05, 0) is 35.0 Å². The summed E-state index contributed by atoms with van der Waals surface area (Å²) in [5, 5.41) is 15.2. The first-order valence-electron chi connectivity index (χ1n) is 10.4. The highest BCUT2D eigenvalue weighted by molar-refractivity contribution is 7.98. The molecule has 4 rings (SSSR count). The third-order valence-electron chi connectivity index (χ3n) is 5.02. The van der Waals surface area contributed by atoms with Crippen molar-refractivity contribution in [1.29, 1.82) is 0 Å². The van der Waals surface area contributed by atoms with Crippen molar-refractivity contribution in [3.63, 3.8) is 0 Å². The minimum absolute atomic E-state index is 0.173. The van der Waals surface area contributed by atoms with E-state index in [-0.39, 0.29) is 5.91 Å². The van der Waals surface area contributed by atoms with Gasteiger partial charge in [0.15, 0.2) is 11.2 Å². The normalized spacial score (nSPS) is 11.2. The van der Waals surface area contributed by atoms with E-state index in [0.29, 0.717) is 45.8 Å². The van der Waals surface area contributed by atoms with Crippen molar-refractivity contribution >= 4 is 34.5 Å². The molecule has 0 fully saturated rings. The van der Waals surface area contributed by atoms with Gasteiger partial charge in [0.2, 0.25) is 11.1 Å². The molecule has 0 radical (unpaired) electrons. The molecule has 0 unspecified atom stereocenters. The van der Waals surface area contributed by atoms with Crippen molar-refractivity contribution in [2.45, 2.75) is 44.1 Å². The van der Waals surface area contributed by atoms with E-state index in [2.05, 4.69) is 30.8 Å². The third-order valence-corrected chi connectivity index (χ3v) is 5.94. The lowest BCUT2D eigenvalue weighted by molar-refractivity contribution is -0.114. The van der Waals surface area contributed by atoms with Crippen LogP contribution in [0.2, 0.25) is 0 Å². The van der Waals surface area contributed by atoms with Gasteiger partial charge in [0.1, 0.15) is 5.82 Å². The molecule has 0 aliphatic rings. The number of carbonyl (C=O) groups is 1. The number of unbranched alkanes of at least 4 members (excludes halogenated alkanes) is 1. The fourth-order valence-electron chi connectivity index (χ4n) is 3.42. The molecule has 0 saturated carbocycles. The molecule has 0 spiro atoms. The molecule has 0 saturated heterocycles. The van der Waals surface area contributed by atoms with E-state index in [1.165, 1.54) is 23.3 Å². The van der Waals surface area contributed by atoms with Crippen molar-refractivity contribution < 1.29 is 4.79 Å². The zero-order valence-corrected chi connectivity index (χ0v) is 19.2. The number of carbonyl (C=O) groups excluding carboxylic acids is 1. The highest BCUT2D eigenvalue weighted by Crippen LogP contribution is 2.24. The van der Waals surface area contributed by atoms with Crippen LogP contribution in [0.15, 0.2) is 39.0 Å². The topological polar surface area (TPSA) is 145 Å². The van der Waals surface area contributed by atoms with Crippen LogP contribution in [0.5, 0.6) is 0 Å². The average Bonchev–Trinajstić information content (AvgIpc) is 3.36. The molecule has 3 heterocycles. The molecule has 0 atom stereocenters. The maximum Gasteiger partial charge on any atom is 0.330 e. The number of nitrogens with zero attached hydrogens (tertiary/aromatic N) is 7. The molecule has 4 aromatic rings. The lowest BCUT2D eigenvalue weighted by atomic mass is 10.3. The molecule has 33 heavy (non-hydrogen) atoms. The van der Waals surface area contributed by atoms with Gasteiger partial charge in [0.25, 0.3) is 5.56 Å². The van der Waals surface area contributed by atoms with Crippen molar-refractivity contribution in [2.24, 2.45) is 7.05 Å². The third kappa shape index (κ3) is 4.58. The molecule has 12 nitrogen and oxygen atoms in total. The Hall–Kier alpha value is -3.74. The molecule has 172 valence electrons. The number of anilines is 1. The van der Waals surface area contributed by atoms with Crippen LogP contribution in [-0.4, -0.2) is 45.2 Å². The second-order valence-corrected chi connectivity index (χ2v) is 8.36. The van der Waals surface area contributed by atoms with Crippen molar-refractivity contribution in [3.05, 3.63) is 50.9 Å². The van der Waals surface area contributed by atoms with Gasteiger partial charge in [0.05, 0.1) is 11.4 Å². The highest BCUT2D eigenvalue weighted by Gasteiger charge is 2.18. The zero-order chi connectivity index (χ0) is 23.5. The standard InChI is InChI=1S/C20H23N9O3S/c1-4-5-9-28-17-16(18(31)23-19(28)32)27(3)15(22-17)11-33-20-24-25-26-29(20)14-8-6-7-13(10-14)21-12(2)30/h6-8,10H,4-5,9,11H2,1-3H3,(H,21,30)(H,23,31,32). The molecule has 0 aliphatic heterocycles. The van der Waals surface area contributed by atoms with Gasteiger partial charge >= 0.3 is 5.69 Å². The molecule has 0 bridgehead atoms. The second-order valence-electron chi connectivity index (χ2n) is 7.42. The number of aromatic nitrogens is 8.